The van der Waals surface area contributed by atoms with Crippen molar-refractivity contribution in [3.63, 3.8) is 0 Å². The van der Waals surface area contributed by atoms with E-state index >= 15 is 0 Å². The predicted molar refractivity (Wildman–Crippen MR) is 168 cm³/mol. The zero-order valence-electron chi connectivity index (χ0n) is 25.0. The summed E-state index contributed by atoms with van der Waals surface area (Å²) in [5, 5.41) is 18.6. The molecule has 0 saturated carbocycles. The average molecular weight is 607 g/mol. The number of carboxylic acid groups (broad SMARTS) is 1. The highest BCUT2D eigenvalue weighted by molar-refractivity contribution is 5.95. The molecule has 0 aliphatic heterocycles. The van der Waals surface area contributed by atoms with E-state index in [-0.39, 0.29) is 25.2 Å². The fraction of sp³-hybridized carbons (Fsp3) is 0.387. The van der Waals surface area contributed by atoms with Crippen molar-refractivity contribution < 1.29 is 24.3 Å². The first kappa shape index (κ1) is 33.6. The number of aliphatic imine (C=N–C) groups is 1. The van der Waals surface area contributed by atoms with Crippen LogP contribution in [0, 0.1) is 5.92 Å². The number of guanidine groups is 1. The first-order valence-corrected chi connectivity index (χ1v) is 14.5. The number of carbonyl (C=O) groups excluding carboxylic acids is 3. The Morgan fingerprint density at radius 2 is 1.48 bits per heavy atom. The first-order chi connectivity index (χ1) is 21.0. The number of benzene rings is 2. The number of hydrogen-bond acceptors (Lipinski definition) is 6. The molecule has 3 rings (SSSR count). The molecule has 0 fully saturated rings. The molecule has 0 spiro atoms. The number of carbonyl (C=O) groups is 4. The predicted octanol–water partition coefficient (Wildman–Crippen LogP) is 0.529. The monoisotopic (exact) mass is 606 g/mol. The Hall–Kier alpha value is -4.91. The number of hydrogen-bond donors (Lipinski definition) is 8. The van der Waals surface area contributed by atoms with E-state index in [4.69, 9.17) is 17.2 Å². The van der Waals surface area contributed by atoms with Gasteiger partial charge in [-0.25, -0.2) is 4.79 Å². The largest absolute Gasteiger partial charge is 0.480 e. The van der Waals surface area contributed by atoms with E-state index in [9.17, 15) is 24.3 Å². The van der Waals surface area contributed by atoms with Gasteiger partial charge in [-0.05, 0) is 36.0 Å². The van der Waals surface area contributed by atoms with E-state index in [1.54, 1.807) is 20.0 Å². The van der Waals surface area contributed by atoms with Crippen molar-refractivity contribution in [1.29, 1.82) is 0 Å². The Morgan fingerprint density at radius 3 is 2.14 bits per heavy atom. The van der Waals surface area contributed by atoms with Gasteiger partial charge in [0.25, 0.3) is 0 Å². The van der Waals surface area contributed by atoms with Gasteiger partial charge in [0, 0.05) is 36.5 Å². The Balaban J connectivity index is 1.85. The summed E-state index contributed by atoms with van der Waals surface area (Å²) in [6, 6.07) is 12.3. The number of nitrogens with zero attached hydrogens (tertiary/aromatic N) is 1. The van der Waals surface area contributed by atoms with E-state index in [1.807, 2.05) is 54.6 Å². The van der Waals surface area contributed by atoms with E-state index in [2.05, 4.69) is 25.9 Å². The second-order valence-electron chi connectivity index (χ2n) is 11.0. The lowest BCUT2D eigenvalue weighted by Crippen LogP contribution is -2.58. The van der Waals surface area contributed by atoms with Gasteiger partial charge in [0.1, 0.15) is 18.1 Å². The molecule has 3 amide bonds. The number of aromatic nitrogens is 1. The summed E-state index contributed by atoms with van der Waals surface area (Å²) < 4.78 is 0. The van der Waals surface area contributed by atoms with Crippen LogP contribution >= 0.6 is 0 Å². The Morgan fingerprint density at radius 1 is 0.864 bits per heavy atom. The van der Waals surface area contributed by atoms with Gasteiger partial charge in [-0.1, -0.05) is 62.4 Å². The van der Waals surface area contributed by atoms with Gasteiger partial charge >= 0.3 is 5.97 Å². The van der Waals surface area contributed by atoms with Gasteiger partial charge in [0.2, 0.25) is 17.7 Å². The van der Waals surface area contributed by atoms with Crippen molar-refractivity contribution in [2.45, 2.75) is 63.7 Å². The molecular formula is C31H42N8O5. The number of aliphatic carboxylic acids is 1. The molecule has 0 radical (unpaired) electrons. The van der Waals surface area contributed by atoms with Crippen LogP contribution in [-0.2, 0) is 32.0 Å². The Bertz CT molecular complexity index is 1450. The van der Waals surface area contributed by atoms with Crippen molar-refractivity contribution in [3.05, 3.63) is 71.9 Å². The molecule has 236 valence electrons. The lowest BCUT2D eigenvalue weighted by molar-refractivity contribution is -0.143. The molecule has 4 atom stereocenters. The molecule has 0 saturated heterocycles. The Labute approximate surface area is 256 Å². The van der Waals surface area contributed by atoms with Crippen molar-refractivity contribution in [3.8, 4) is 0 Å². The van der Waals surface area contributed by atoms with Crippen LogP contribution in [0.15, 0.2) is 65.8 Å². The van der Waals surface area contributed by atoms with E-state index in [1.165, 1.54) is 0 Å². The highest BCUT2D eigenvalue weighted by Crippen LogP contribution is 2.19. The minimum absolute atomic E-state index is 0.0584. The minimum Gasteiger partial charge on any atom is -0.480 e. The van der Waals surface area contributed by atoms with Crippen molar-refractivity contribution >= 4 is 40.6 Å². The quantitative estimate of drug-likeness (QED) is 0.0649. The molecule has 13 nitrogen and oxygen atoms in total. The number of carboxylic acids is 1. The summed E-state index contributed by atoms with van der Waals surface area (Å²) in [5.74, 6) is -3.48. The molecule has 13 heteroatoms. The molecule has 1 aromatic heterocycles. The molecule has 2 aromatic carbocycles. The van der Waals surface area contributed by atoms with Gasteiger partial charge < -0.3 is 43.2 Å². The van der Waals surface area contributed by atoms with Crippen molar-refractivity contribution in [2.24, 2.45) is 28.1 Å². The van der Waals surface area contributed by atoms with Gasteiger partial charge in [0.15, 0.2) is 5.96 Å². The topological polar surface area (TPSA) is 231 Å². The maximum atomic E-state index is 13.8. The van der Waals surface area contributed by atoms with E-state index < -0.39 is 53.8 Å². The molecular weight excluding hydrogens is 564 g/mol. The fourth-order valence-corrected chi connectivity index (χ4v) is 4.76. The number of rotatable bonds is 16. The molecule has 44 heavy (non-hydrogen) atoms. The molecule has 11 N–H and O–H groups in total. The summed E-state index contributed by atoms with van der Waals surface area (Å²) in [6.07, 6.45) is 2.68. The molecule has 3 aromatic rings. The lowest BCUT2D eigenvalue weighted by Gasteiger charge is -2.26. The van der Waals surface area contributed by atoms with Crippen LogP contribution in [0.25, 0.3) is 10.9 Å². The summed E-state index contributed by atoms with van der Waals surface area (Å²) in [4.78, 5) is 59.2. The number of fused-ring (bicyclic) bond motifs is 1. The third kappa shape index (κ3) is 9.83. The maximum Gasteiger partial charge on any atom is 0.326 e. The summed E-state index contributed by atoms with van der Waals surface area (Å²) in [7, 11) is 0. The van der Waals surface area contributed by atoms with Crippen molar-refractivity contribution in [1.82, 2.24) is 20.9 Å². The third-order valence-electron chi connectivity index (χ3n) is 7.18. The van der Waals surface area contributed by atoms with Crippen LogP contribution in [-0.4, -0.2) is 70.5 Å². The minimum atomic E-state index is -1.19. The second-order valence-corrected chi connectivity index (χ2v) is 11.0. The fourth-order valence-electron chi connectivity index (χ4n) is 4.76. The molecule has 0 aliphatic carbocycles. The number of nitrogens with two attached hydrogens (primary N) is 3. The normalized spacial score (nSPS) is 13.8. The number of H-pyrrole nitrogens is 1. The smallest absolute Gasteiger partial charge is 0.326 e. The van der Waals surface area contributed by atoms with Crippen LogP contribution in [0.5, 0.6) is 0 Å². The van der Waals surface area contributed by atoms with Gasteiger partial charge in [-0.15, -0.1) is 0 Å². The lowest BCUT2D eigenvalue weighted by atomic mass is 10.00. The van der Waals surface area contributed by atoms with Crippen LogP contribution in [0.2, 0.25) is 0 Å². The number of para-hydroxylation sites is 1. The summed E-state index contributed by atoms with van der Waals surface area (Å²) in [6.45, 7) is 3.66. The van der Waals surface area contributed by atoms with E-state index in [0.29, 0.717) is 13.0 Å². The molecule has 4 unspecified atom stereocenters. The molecule has 0 aliphatic rings. The molecule has 1 heterocycles. The van der Waals surface area contributed by atoms with Crippen LogP contribution in [0.3, 0.4) is 0 Å². The van der Waals surface area contributed by atoms with Crippen LogP contribution in [0.4, 0.5) is 0 Å². The highest BCUT2D eigenvalue weighted by atomic mass is 16.4. The van der Waals surface area contributed by atoms with Gasteiger partial charge in [0.05, 0.1) is 6.04 Å². The zero-order chi connectivity index (χ0) is 32.2. The summed E-state index contributed by atoms with van der Waals surface area (Å²) >= 11 is 0. The molecule has 0 bridgehead atoms. The van der Waals surface area contributed by atoms with Gasteiger partial charge in [-0.3, -0.25) is 19.4 Å². The van der Waals surface area contributed by atoms with Crippen LogP contribution < -0.4 is 33.2 Å². The standard InChI is InChI=1S/C31H42N8O5/c1-18(2)26(30(43)44)39-29(42)25(16-20-17-36-23-13-7-6-11-21(20)23)38-28(41)24(15-19-9-4-3-5-10-19)37-27(40)22(32)12-8-14-35-31(33)34/h3-7,9-11,13,17-18,22,24-26,36H,8,12,14-16,32H2,1-2H3,(H,37,40)(H,38,41)(H,39,42)(H,43,44)(H4,33,34,35). The first-order valence-electron chi connectivity index (χ1n) is 14.5. The zero-order valence-corrected chi connectivity index (χ0v) is 25.0. The SMILES string of the molecule is CC(C)C(NC(=O)C(Cc1c[nH]c2ccccc12)NC(=O)C(Cc1ccccc1)NC(=O)C(N)CCCN=C(N)N)C(=O)O. The highest BCUT2D eigenvalue weighted by Gasteiger charge is 2.32. The van der Waals surface area contributed by atoms with E-state index in [0.717, 1.165) is 22.0 Å². The number of aromatic amines is 1. The second kappa shape index (κ2) is 16.1. The number of amides is 3. The Kier molecular flexibility index (Phi) is 12.3. The average Bonchev–Trinajstić information content (AvgIpc) is 3.39. The number of nitrogens with one attached hydrogen (secondary N) is 4. The third-order valence-corrected chi connectivity index (χ3v) is 7.18. The summed E-state index contributed by atoms with van der Waals surface area (Å²) in [5.41, 5.74) is 19.2. The van der Waals surface area contributed by atoms with Crippen LogP contribution in [0.1, 0.15) is 37.8 Å². The maximum absolute atomic E-state index is 13.8. The van der Waals surface area contributed by atoms with Crippen molar-refractivity contribution in [2.75, 3.05) is 6.54 Å². The van der Waals surface area contributed by atoms with Gasteiger partial charge in [-0.2, -0.15) is 0 Å².